The van der Waals surface area contributed by atoms with Gasteiger partial charge in [-0.3, -0.25) is 0 Å². The van der Waals surface area contributed by atoms with E-state index in [1.165, 1.54) is 59.8 Å². The maximum Gasteiger partial charge on any atom is 0.103 e. The van der Waals surface area contributed by atoms with Gasteiger partial charge < -0.3 is 9.47 Å². The predicted molar refractivity (Wildman–Crippen MR) is 97.9 cm³/mol. The third-order valence-electron chi connectivity index (χ3n) is 5.47. The molecule has 2 heterocycles. The molecule has 1 fully saturated rings. The summed E-state index contributed by atoms with van der Waals surface area (Å²) in [5.41, 5.74) is 4.22. The Kier molecular flexibility index (Phi) is 3.86. The summed E-state index contributed by atoms with van der Waals surface area (Å²) in [6.07, 6.45) is 2.79. The van der Waals surface area contributed by atoms with Gasteiger partial charge in [0, 0.05) is 39.8 Å². The molecular weight excluding hydrogens is 280 g/mol. The summed E-state index contributed by atoms with van der Waals surface area (Å²) >= 11 is 0. The highest BCUT2D eigenvalue weighted by molar-refractivity contribution is 6.08. The molecule has 1 aliphatic rings. The van der Waals surface area contributed by atoms with Gasteiger partial charge >= 0.3 is 0 Å². The Balaban J connectivity index is 1.74. The van der Waals surface area contributed by atoms with E-state index in [0.717, 1.165) is 12.5 Å². The van der Waals surface area contributed by atoms with Crippen LogP contribution in [-0.4, -0.2) is 17.7 Å². The molecule has 0 saturated carbocycles. The minimum absolute atomic E-state index is 0.879. The predicted octanol–water partition coefficient (Wildman–Crippen LogP) is 3.63. The number of hydrogen-bond donors (Lipinski definition) is 1. The fourth-order valence-corrected chi connectivity index (χ4v) is 4.40. The summed E-state index contributed by atoms with van der Waals surface area (Å²) in [6, 6.07) is 15.9. The molecule has 3 aromatic rings. The van der Waals surface area contributed by atoms with Crippen LogP contribution >= 0.6 is 0 Å². The van der Waals surface area contributed by atoms with E-state index in [4.69, 9.17) is 0 Å². The average Bonchev–Trinajstić information content (AvgIpc) is 2.88. The van der Waals surface area contributed by atoms with Gasteiger partial charge in [-0.25, -0.2) is 0 Å². The lowest BCUT2D eigenvalue weighted by atomic mass is 9.99. The Morgan fingerprint density at radius 1 is 1.09 bits per heavy atom. The summed E-state index contributed by atoms with van der Waals surface area (Å²) in [6.45, 7) is 9.49. The van der Waals surface area contributed by atoms with E-state index in [1.54, 1.807) is 4.90 Å². The molecule has 23 heavy (non-hydrogen) atoms. The van der Waals surface area contributed by atoms with Gasteiger partial charge in [0.05, 0.1) is 13.1 Å². The van der Waals surface area contributed by atoms with Crippen LogP contribution in [0.15, 0.2) is 42.5 Å². The number of piperidine rings is 1. The first kappa shape index (κ1) is 14.8. The number of aromatic nitrogens is 1. The first-order valence-corrected chi connectivity index (χ1v) is 9.09. The van der Waals surface area contributed by atoms with Crippen LogP contribution in [0.1, 0.15) is 32.3 Å². The standard InChI is InChI=1S/C21H26N2/c1-3-23-20-9-5-4-8-18(20)19-13-17(10-11-21(19)23)15-22-12-6-7-16(2)14-22/h4-5,8-11,13,16H,3,6-7,12,14-15H2,1-2H3/p+1/t16-/m0/s1. The van der Waals surface area contributed by atoms with Gasteiger partial charge in [0.1, 0.15) is 6.54 Å². The van der Waals surface area contributed by atoms with Crippen molar-refractivity contribution in [3.8, 4) is 0 Å². The topological polar surface area (TPSA) is 9.37 Å². The van der Waals surface area contributed by atoms with Crippen molar-refractivity contribution in [3.63, 3.8) is 0 Å². The minimum Gasteiger partial charge on any atom is -0.341 e. The summed E-state index contributed by atoms with van der Waals surface area (Å²) in [5, 5.41) is 2.82. The molecule has 1 aromatic heterocycles. The number of aryl methyl sites for hydroxylation is 1. The fraction of sp³-hybridized carbons (Fsp3) is 0.429. The van der Waals surface area contributed by atoms with Crippen LogP contribution in [0.5, 0.6) is 0 Å². The van der Waals surface area contributed by atoms with Crippen molar-refractivity contribution in [2.24, 2.45) is 5.92 Å². The molecule has 2 nitrogen and oxygen atoms in total. The molecule has 1 N–H and O–H groups in total. The van der Waals surface area contributed by atoms with Crippen molar-refractivity contribution in [2.45, 2.75) is 39.8 Å². The molecule has 0 amide bonds. The van der Waals surface area contributed by atoms with Crippen LogP contribution < -0.4 is 4.90 Å². The monoisotopic (exact) mass is 307 g/mol. The largest absolute Gasteiger partial charge is 0.341 e. The van der Waals surface area contributed by atoms with Crippen molar-refractivity contribution >= 4 is 21.8 Å². The van der Waals surface area contributed by atoms with E-state index in [1.807, 2.05) is 0 Å². The van der Waals surface area contributed by atoms with Gasteiger partial charge in [0.25, 0.3) is 0 Å². The molecule has 0 aliphatic carbocycles. The Morgan fingerprint density at radius 2 is 1.91 bits per heavy atom. The maximum atomic E-state index is 2.44. The van der Waals surface area contributed by atoms with Crippen molar-refractivity contribution in [3.05, 3.63) is 48.0 Å². The maximum absolute atomic E-state index is 2.44. The number of para-hydroxylation sites is 1. The Hall–Kier alpha value is -1.80. The Morgan fingerprint density at radius 3 is 2.74 bits per heavy atom. The fourth-order valence-electron chi connectivity index (χ4n) is 4.40. The van der Waals surface area contributed by atoms with Crippen molar-refractivity contribution in [2.75, 3.05) is 13.1 Å². The second-order valence-corrected chi connectivity index (χ2v) is 7.24. The highest BCUT2D eigenvalue weighted by Crippen LogP contribution is 2.29. The number of hydrogen-bond acceptors (Lipinski definition) is 0. The van der Waals surface area contributed by atoms with Crippen LogP contribution in [0.4, 0.5) is 0 Å². The van der Waals surface area contributed by atoms with E-state index in [9.17, 15) is 0 Å². The first-order chi connectivity index (χ1) is 11.3. The highest BCUT2D eigenvalue weighted by atomic mass is 15.1. The molecule has 2 aromatic carbocycles. The van der Waals surface area contributed by atoms with Crippen LogP contribution in [0, 0.1) is 5.92 Å². The SMILES string of the molecule is CCn1c2ccccc2c2cc(C[NH+]3CCC[C@H](C)C3)ccc21. The Labute approximate surface area is 138 Å². The molecule has 0 spiro atoms. The van der Waals surface area contributed by atoms with Gasteiger partial charge in [-0.05, 0) is 38.0 Å². The highest BCUT2D eigenvalue weighted by Gasteiger charge is 2.20. The lowest BCUT2D eigenvalue weighted by molar-refractivity contribution is -0.922. The number of benzene rings is 2. The summed E-state index contributed by atoms with van der Waals surface area (Å²) in [7, 11) is 0. The summed E-state index contributed by atoms with van der Waals surface area (Å²) in [5.74, 6) is 0.879. The second kappa shape index (κ2) is 6.01. The van der Waals surface area contributed by atoms with Crippen LogP contribution in [0.3, 0.4) is 0 Å². The molecule has 2 atom stereocenters. The molecular formula is C21H27N2+. The summed E-state index contributed by atoms with van der Waals surface area (Å²) in [4.78, 5) is 1.75. The van der Waals surface area contributed by atoms with Crippen LogP contribution in [0.25, 0.3) is 21.8 Å². The molecule has 1 saturated heterocycles. The number of fused-ring (bicyclic) bond motifs is 3. The third kappa shape index (κ3) is 2.66. The van der Waals surface area contributed by atoms with Crippen LogP contribution in [0.2, 0.25) is 0 Å². The van der Waals surface area contributed by atoms with E-state index >= 15 is 0 Å². The third-order valence-corrected chi connectivity index (χ3v) is 5.47. The molecule has 2 heteroatoms. The van der Waals surface area contributed by atoms with Crippen molar-refractivity contribution in [1.29, 1.82) is 0 Å². The van der Waals surface area contributed by atoms with E-state index in [0.29, 0.717) is 0 Å². The van der Waals surface area contributed by atoms with E-state index in [2.05, 4.69) is 60.9 Å². The smallest absolute Gasteiger partial charge is 0.103 e. The lowest BCUT2D eigenvalue weighted by Crippen LogP contribution is -3.12. The van der Waals surface area contributed by atoms with E-state index in [-0.39, 0.29) is 0 Å². The normalized spacial score (nSPS) is 22.0. The zero-order chi connectivity index (χ0) is 15.8. The van der Waals surface area contributed by atoms with Gasteiger partial charge in [-0.15, -0.1) is 0 Å². The summed E-state index contributed by atoms with van der Waals surface area (Å²) < 4.78 is 2.43. The van der Waals surface area contributed by atoms with Crippen LogP contribution in [-0.2, 0) is 13.1 Å². The minimum atomic E-state index is 0.879. The van der Waals surface area contributed by atoms with Crippen molar-refractivity contribution < 1.29 is 4.90 Å². The second-order valence-electron chi connectivity index (χ2n) is 7.24. The molecule has 4 rings (SSSR count). The number of nitrogens with one attached hydrogen (secondary N) is 1. The molecule has 0 bridgehead atoms. The lowest BCUT2D eigenvalue weighted by Gasteiger charge is -2.27. The van der Waals surface area contributed by atoms with Gasteiger partial charge in [-0.2, -0.15) is 0 Å². The molecule has 0 radical (unpaired) electrons. The van der Waals surface area contributed by atoms with Gasteiger partial charge in [0.15, 0.2) is 0 Å². The van der Waals surface area contributed by atoms with Gasteiger partial charge in [0.2, 0.25) is 0 Å². The Bertz CT molecular complexity index is 830. The van der Waals surface area contributed by atoms with E-state index < -0.39 is 0 Å². The zero-order valence-electron chi connectivity index (χ0n) is 14.3. The number of likely N-dealkylation sites (tertiary alicyclic amines) is 1. The quantitative estimate of drug-likeness (QED) is 0.757. The molecule has 1 unspecified atom stereocenters. The number of quaternary nitrogens is 1. The zero-order valence-corrected chi connectivity index (χ0v) is 14.3. The average molecular weight is 307 g/mol. The first-order valence-electron chi connectivity index (χ1n) is 9.09. The molecule has 1 aliphatic heterocycles. The van der Waals surface area contributed by atoms with Crippen molar-refractivity contribution in [1.82, 2.24) is 4.57 Å². The number of nitrogens with zero attached hydrogens (tertiary/aromatic N) is 1. The molecule has 120 valence electrons. The van der Waals surface area contributed by atoms with Gasteiger partial charge in [-0.1, -0.05) is 31.2 Å². The number of rotatable bonds is 3.